The smallest absolute Gasteiger partial charge is 0.273 e. The first-order valence-corrected chi connectivity index (χ1v) is 5.53. The Morgan fingerprint density at radius 2 is 2.11 bits per heavy atom. The highest BCUT2D eigenvalue weighted by Gasteiger charge is 2.27. The molecule has 98 valence electrons. The third-order valence-corrected chi connectivity index (χ3v) is 2.53. The van der Waals surface area contributed by atoms with Crippen molar-refractivity contribution in [3.8, 4) is 5.75 Å². The Kier molecular flexibility index (Phi) is 4.25. The van der Waals surface area contributed by atoms with E-state index in [0.717, 1.165) is 0 Å². The molecule has 0 aliphatic heterocycles. The summed E-state index contributed by atoms with van der Waals surface area (Å²) in [5, 5.41) is 14.6. The summed E-state index contributed by atoms with van der Waals surface area (Å²) in [6.45, 7) is 3.58. The summed E-state index contributed by atoms with van der Waals surface area (Å²) in [4.78, 5) is 27.1. The van der Waals surface area contributed by atoms with Crippen molar-refractivity contribution in [3.05, 3.63) is 24.0 Å². The Morgan fingerprint density at radius 3 is 2.67 bits per heavy atom. The van der Waals surface area contributed by atoms with E-state index in [9.17, 15) is 14.7 Å². The van der Waals surface area contributed by atoms with Crippen LogP contribution in [0.5, 0.6) is 5.75 Å². The minimum atomic E-state index is -0.727. The molecule has 18 heavy (non-hydrogen) atoms. The van der Waals surface area contributed by atoms with Crippen LogP contribution in [-0.4, -0.2) is 35.5 Å². The molecule has 1 heterocycles. The van der Waals surface area contributed by atoms with Gasteiger partial charge in [0.15, 0.2) is 5.69 Å². The van der Waals surface area contributed by atoms with Crippen LogP contribution in [0.15, 0.2) is 18.3 Å². The fourth-order valence-corrected chi connectivity index (χ4v) is 1.38. The Hall–Kier alpha value is -2.11. The lowest BCUT2D eigenvalue weighted by Crippen LogP contribution is -2.43. The third kappa shape index (κ3) is 3.19. The zero-order chi connectivity index (χ0) is 13.8. The third-order valence-electron chi connectivity index (χ3n) is 2.53. The van der Waals surface area contributed by atoms with E-state index in [1.165, 1.54) is 25.4 Å². The first-order valence-electron chi connectivity index (χ1n) is 5.53. The SMILES string of the molecule is CNC(=O)C(C)(C)CNC(=O)c1ncccc1O. The standard InChI is InChI=1S/C12H17N3O3/c1-12(2,11(18)13-3)7-15-10(17)9-8(16)5-4-6-14-9/h4-6,16H,7H2,1-3H3,(H,13,18)(H,15,17). The molecule has 3 N–H and O–H groups in total. The Balaban J connectivity index is 2.68. The molecule has 0 aliphatic rings. The van der Waals surface area contributed by atoms with E-state index in [4.69, 9.17) is 0 Å². The zero-order valence-corrected chi connectivity index (χ0v) is 10.7. The summed E-state index contributed by atoms with van der Waals surface area (Å²) >= 11 is 0. The van der Waals surface area contributed by atoms with E-state index in [2.05, 4.69) is 15.6 Å². The second-order valence-corrected chi connectivity index (χ2v) is 4.52. The molecule has 0 aromatic carbocycles. The molecular weight excluding hydrogens is 234 g/mol. The molecule has 6 nitrogen and oxygen atoms in total. The van der Waals surface area contributed by atoms with Crippen LogP contribution in [0.1, 0.15) is 24.3 Å². The van der Waals surface area contributed by atoms with Crippen molar-refractivity contribution in [2.75, 3.05) is 13.6 Å². The van der Waals surface area contributed by atoms with Gasteiger partial charge < -0.3 is 15.7 Å². The van der Waals surface area contributed by atoms with Crippen molar-refractivity contribution in [1.82, 2.24) is 15.6 Å². The summed E-state index contributed by atoms with van der Waals surface area (Å²) in [5.74, 6) is -0.870. The molecule has 2 amide bonds. The number of carbonyl (C=O) groups is 2. The van der Waals surface area contributed by atoms with Gasteiger partial charge in [-0.3, -0.25) is 9.59 Å². The van der Waals surface area contributed by atoms with Gasteiger partial charge in [-0.1, -0.05) is 0 Å². The van der Waals surface area contributed by atoms with E-state index in [0.29, 0.717) is 0 Å². The first kappa shape index (κ1) is 14.0. The van der Waals surface area contributed by atoms with Gasteiger partial charge in [-0.25, -0.2) is 4.98 Å². The van der Waals surface area contributed by atoms with Crippen molar-refractivity contribution >= 4 is 11.8 Å². The van der Waals surface area contributed by atoms with Gasteiger partial charge in [-0.2, -0.15) is 0 Å². The fraction of sp³-hybridized carbons (Fsp3) is 0.417. The van der Waals surface area contributed by atoms with Crippen LogP contribution >= 0.6 is 0 Å². The molecule has 1 aromatic rings. The molecule has 0 unspecified atom stereocenters. The first-order chi connectivity index (χ1) is 8.38. The van der Waals surface area contributed by atoms with Crippen LogP contribution in [-0.2, 0) is 4.79 Å². The number of rotatable bonds is 4. The van der Waals surface area contributed by atoms with Gasteiger partial charge >= 0.3 is 0 Å². The van der Waals surface area contributed by atoms with Crippen LogP contribution < -0.4 is 10.6 Å². The van der Waals surface area contributed by atoms with Gasteiger partial charge in [0.05, 0.1) is 5.41 Å². The number of amides is 2. The lowest BCUT2D eigenvalue weighted by Gasteiger charge is -2.22. The van der Waals surface area contributed by atoms with Gasteiger partial charge in [0.2, 0.25) is 5.91 Å². The highest BCUT2D eigenvalue weighted by atomic mass is 16.3. The van der Waals surface area contributed by atoms with Gasteiger partial charge in [0, 0.05) is 19.8 Å². The second-order valence-electron chi connectivity index (χ2n) is 4.52. The summed E-state index contributed by atoms with van der Waals surface area (Å²) in [5.41, 5.74) is -0.778. The Morgan fingerprint density at radius 1 is 1.44 bits per heavy atom. The van der Waals surface area contributed by atoms with Crippen molar-refractivity contribution in [1.29, 1.82) is 0 Å². The summed E-state index contributed by atoms with van der Waals surface area (Å²) in [7, 11) is 1.54. The second kappa shape index (κ2) is 5.48. The molecule has 0 bridgehead atoms. The molecule has 0 saturated carbocycles. The fourth-order valence-electron chi connectivity index (χ4n) is 1.38. The molecule has 0 saturated heterocycles. The number of nitrogens with zero attached hydrogens (tertiary/aromatic N) is 1. The summed E-state index contributed by atoms with van der Waals surface area (Å²) in [6, 6.07) is 2.91. The van der Waals surface area contributed by atoms with Crippen LogP contribution in [0.25, 0.3) is 0 Å². The molecule has 0 radical (unpaired) electrons. The maximum absolute atomic E-state index is 11.8. The van der Waals surface area contributed by atoms with Gasteiger partial charge in [-0.05, 0) is 26.0 Å². The Labute approximate surface area is 105 Å². The highest BCUT2D eigenvalue weighted by molar-refractivity contribution is 5.95. The molecule has 0 fully saturated rings. The molecule has 1 aromatic heterocycles. The van der Waals surface area contributed by atoms with Crippen molar-refractivity contribution in [2.45, 2.75) is 13.8 Å². The average molecular weight is 251 g/mol. The van der Waals surface area contributed by atoms with Crippen molar-refractivity contribution in [2.24, 2.45) is 5.41 Å². The largest absolute Gasteiger partial charge is 0.505 e. The van der Waals surface area contributed by atoms with E-state index in [1.807, 2.05) is 0 Å². The van der Waals surface area contributed by atoms with E-state index in [1.54, 1.807) is 13.8 Å². The quantitative estimate of drug-likeness (QED) is 0.717. The predicted octanol–water partition coefficient (Wildman–Crippen LogP) is 0.289. The lowest BCUT2D eigenvalue weighted by atomic mass is 9.92. The maximum Gasteiger partial charge on any atom is 0.273 e. The zero-order valence-electron chi connectivity index (χ0n) is 10.7. The van der Waals surface area contributed by atoms with Crippen LogP contribution in [0.2, 0.25) is 0 Å². The molecule has 0 spiro atoms. The van der Waals surface area contributed by atoms with Gasteiger partial charge in [0.1, 0.15) is 5.75 Å². The minimum absolute atomic E-state index is 0.0507. The molecule has 0 atom stereocenters. The van der Waals surface area contributed by atoms with E-state index < -0.39 is 11.3 Å². The number of nitrogens with one attached hydrogen (secondary N) is 2. The Bertz CT molecular complexity index is 458. The number of aromatic nitrogens is 1. The summed E-state index contributed by atoms with van der Waals surface area (Å²) in [6.07, 6.45) is 1.42. The predicted molar refractivity (Wildman–Crippen MR) is 66.1 cm³/mol. The van der Waals surface area contributed by atoms with Crippen LogP contribution in [0, 0.1) is 5.41 Å². The topological polar surface area (TPSA) is 91.3 Å². The lowest BCUT2D eigenvalue weighted by molar-refractivity contribution is -0.128. The van der Waals surface area contributed by atoms with Crippen molar-refractivity contribution in [3.63, 3.8) is 0 Å². The normalized spacial score (nSPS) is 10.8. The summed E-state index contributed by atoms with van der Waals surface area (Å²) < 4.78 is 0. The van der Waals surface area contributed by atoms with Crippen LogP contribution in [0.4, 0.5) is 0 Å². The average Bonchev–Trinajstić information content (AvgIpc) is 2.35. The van der Waals surface area contributed by atoms with Crippen LogP contribution in [0.3, 0.4) is 0 Å². The molecule has 6 heteroatoms. The minimum Gasteiger partial charge on any atom is -0.505 e. The number of hydrogen-bond donors (Lipinski definition) is 3. The number of carbonyl (C=O) groups excluding carboxylic acids is 2. The maximum atomic E-state index is 11.8. The van der Waals surface area contributed by atoms with Crippen molar-refractivity contribution < 1.29 is 14.7 Å². The number of pyridine rings is 1. The molecule has 0 aliphatic carbocycles. The highest BCUT2D eigenvalue weighted by Crippen LogP contribution is 2.15. The number of hydrogen-bond acceptors (Lipinski definition) is 4. The van der Waals surface area contributed by atoms with E-state index in [-0.39, 0.29) is 23.9 Å². The number of aromatic hydroxyl groups is 1. The van der Waals surface area contributed by atoms with E-state index >= 15 is 0 Å². The van der Waals surface area contributed by atoms with Gasteiger partial charge in [0.25, 0.3) is 5.91 Å². The molecular formula is C12H17N3O3. The van der Waals surface area contributed by atoms with Gasteiger partial charge in [-0.15, -0.1) is 0 Å². The monoisotopic (exact) mass is 251 g/mol. The molecule has 1 rings (SSSR count).